The van der Waals surface area contributed by atoms with E-state index < -0.39 is 0 Å². The van der Waals surface area contributed by atoms with Crippen LogP contribution in [0.25, 0.3) is 10.9 Å². The molecule has 0 aliphatic rings. The zero-order chi connectivity index (χ0) is 14.1. The molecule has 0 amide bonds. The van der Waals surface area contributed by atoms with E-state index in [1.807, 2.05) is 39.7 Å². The van der Waals surface area contributed by atoms with Crippen molar-refractivity contribution < 1.29 is 4.79 Å². The third-order valence-electron chi connectivity index (χ3n) is 3.39. The Morgan fingerprint density at radius 3 is 2.85 bits per heavy atom. The van der Waals surface area contributed by atoms with Crippen LogP contribution in [0.3, 0.4) is 0 Å². The third kappa shape index (κ3) is 2.01. The quantitative estimate of drug-likeness (QED) is 0.683. The molecule has 5 heteroatoms. The maximum atomic E-state index is 11.2. The number of para-hydroxylation sites is 1. The number of hydrogen-bond donors (Lipinski definition) is 0. The van der Waals surface area contributed by atoms with Crippen molar-refractivity contribution in [2.24, 2.45) is 0 Å². The van der Waals surface area contributed by atoms with E-state index in [1.165, 1.54) is 0 Å². The van der Waals surface area contributed by atoms with Crippen LogP contribution in [-0.4, -0.2) is 25.6 Å². The van der Waals surface area contributed by atoms with Gasteiger partial charge in [-0.3, -0.25) is 4.79 Å². The van der Waals surface area contributed by atoms with Gasteiger partial charge in [-0.25, -0.2) is 9.67 Å². The summed E-state index contributed by atoms with van der Waals surface area (Å²) in [4.78, 5) is 15.5. The Balaban J connectivity index is 2.07. The fraction of sp³-hybridized carbons (Fsp3) is 0.267. The first-order valence-corrected chi connectivity index (χ1v) is 6.62. The number of hydrogen-bond acceptors (Lipinski definition) is 3. The van der Waals surface area contributed by atoms with Gasteiger partial charge in [-0.2, -0.15) is 5.10 Å². The molecule has 0 N–H and O–H groups in total. The highest BCUT2D eigenvalue weighted by atomic mass is 16.1. The van der Waals surface area contributed by atoms with Crippen molar-refractivity contribution in [3.8, 4) is 0 Å². The van der Waals surface area contributed by atoms with E-state index in [2.05, 4.69) is 23.9 Å². The van der Waals surface area contributed by atoms with Crippen LogP contribution in [0.2, 0.25) is 0 Å². The molecule has 0 saturated heterocycles. The van der Waals surface area contributed by atoms with Gasteiger partial charge in [-0.05, 0) is 19.9 Å². The van der Waals surface area contributed by atoms with Crippen LogP contribution in [-0.2, 0) is 6.54 Å². The summed E-state index contributed by atoms with van der Waals surface area (Å²) in [7, 11) is 0. The second-order valence-corrected chi connectivity index (χ2v) is 5.06. The first-order chi connectivity index (χ1) is 9.70. The topological polar surface area (TPSA) is 52.7 Å². The average Bonchev–Trinajstić information content (AvgIpc) is 3.04. The number of fused-ring (bicyclic) bond motifs is 1. The zero-order valence-electron chi connectivity index (χ0n) is 11.5. The summed E-state index contributed by atoms with van der Waals surface area (Å²) < 4.78 is 3.94. The van der Waals surface area contributed by atoms with Crippen molar-refractivity contribution in [3.05, 3.63) is 48.2 Å². The van der Waals surface area contributed by atoms with Crippen LogP contribution in [0.15, 0.2) is 36.8 Å². The first kappa shape index (κ1) is 12.6. The minimum atomic E-state index is 0.264. The summed E-state index contributed by atoms with van der Waals surface area (Å²) in [6, 6.07) is 8.15. The Labute approximate surface area is 116 Å². The molecular formula is C15H16N4O. The summed E-state index contributed by atoms with van der Waals surface area (Å²) >= 11 is 0. The van der Waals surface area contributed by atoms with Gasteiger partial charge in [0.15, 0.2) is 6.29 Å². The van der Waals surface area contributed by atoms with Gasteiger partial charge in [0.05, 0.1) is 6.54 Å². The third-order valence-corrected chi connectivity index (χ3v) is 3.39. The van der Waals surface area contributed by atoms with Crippen LogP contribution >= 0.6 is 0 Å². The number of rotatable bonds is 4. The van der Waals surface area contributed by atoms with E-state index in [0.717, 1.165) is 23.0 Å². The molecule has 0 aliphatic carbocycles. The van der Waals surface area contributed by atoms with Crippen LogP contribution in [0, 0.1) is 0 Å². The summed E-state index contributed by atoms with van der Waals surface area (Å²) in [5.41, 5.74) is 1.74. The van der Waals surface area contributed by atoms with E-state index in [9.17, 15) is 4.79 Å². The molecule has 0 spiro atoms. The first-order valence-electron chi connectivity index (χ1n) is 6.62. The highest BCUT2D eigenvalue weighted by Crippen LogP contribution is 2.21. The fourth-order valence-corrected chi connectivity index (χ4v) is 2.47. The fourth-order valence-electron chi connectivity index (χ4n) is 2.47. The second-order valence-electron chi connectivity index (χ2n) is 5.06. The number of aldehydes is 1. The van der Waals surface area contributed by atoms with Gasteiger partial charge in [-0.15, -0.1) is 0 Å². The minimum absolute atomic E-state index is 0.264. The van der Waals surface area contributed by atoms with Crippen molar-refractivity contribution in [2.75, 3.05) is 0 Å². The Morgan fingerprint density at radius 1 is 1.30 bits per heavy atom. The lowest BCUT2D eigenvalue weighted by Crippen LogP contribution is -2.11. The van der Waals surface area contributed by atoms with Gasteiger partial charge in [-0.1, -0.05) is 18.2 Å². The van der Waals surface area contributed by atoms with Crippen molar-refractivity contribution in [1.82, 2.24) is 19.3 Å². The van der Waals surface area contributed by atoms with Crippen LogP contribution in [0.4, 0.5) is 0 Å². The summed E-state index contributed by atoms with van der Waals surface area (Å²) in [6.45, 7) is 4.75. The molecule has 3 aromatic rings. The van der Waals surface area contributed by atoms with Crippen LogP contribution < -0.4 is 0 Å². The largest absolute Gasteiger partial charge is 0.339 e. The smallest absolute Gasteiger partial charge is 0.152 e. The van der Waals surface area contributed by atoms with Gasteiger partial charge in [0, 0.05) is 28.7 Å². The molecule has 0 atom stereocenters. The van der Waals surface area contributed by atoms with E-state index in [0.29, 0.717) is 12.1 Å². The maximum absolute atomic E-state index is 11.2. The lowest BCUT2D eigenvalue weighted by molar-refractivity contribution is 0.112. The van der Waals surface area contributed by atoms with E-state index in [-0.39, 0.29) is 6.04 Å². The number of nitrogens with zero attached hydrogens (tertiary/aromatic N) is 4. The van der Waals surface area contributed by atoms with E-state index in [4.69, 9.17) is 0 Å². The Kier molecular flexibility index (Phi) is 3.10. The van der Waals surface area contributed by atoms with Gasteiger partial charge in [0.2, 0.25) is 0 Å². The van der Waals surface area contributed by atoms with Gasteiger partial charge < -0.3 is 4.57 Å². The summed E-state index contributed by atoms with van der Waals surface area (Å²) in [5, 5.41) is 5.21. The summed E-state index contributed by atoms with van der Waals surface area (Å²) in [6.07, 6.45) is 4.34. The Bertz CT molecular complexity index is 754. The molecule has 0 saturated carbocycles. The summed E-state index contributed by atoms with van der Waals surface area (Å²) in [5.74, 6) is 0.887. The van der Waals surface area contributed by atoms with Crippen molar-refractivity contribution >= 4 is 17.2 Å². The van der Waals surface area contributed by atoms with Crippen molar-refractivity contribution in [3.63, 3.8) is 0 Å². The van der Waals surface area contributed by atoms with Crippen molar-refractivity contribution in [2.45, 2.75) is 26.4 Å². The molecule has 0 aliphatic heterocycles. The van der Waals surface area contributed by atoms with Gasteiger partial charge >= 0.3 is 0 Å². The second kappa shape index (κ2) is 4.92. The van der Waals surface area contributed by atoms with Crippen molar-refractivity contribution in [1.29, 1.82) is 0 Å². The number of aromatic nitrogens is 4. The molecule has 5 nitrogen and oxygen atoms in total. The molecule has 3 rings (SSSR count). The molecule has 102 valence electrons. The molecule has 0 fully saturated rings. The van der Waals surface area contributed by atoms with E-state index >= 15 is 0 Å². The molecule has 20 heavy (non-hydrogen) atoms. The predicted molar refractivity (Wildman–Crippen MR) is 76.8 cm³/mol. The molecule has 2 heterocycles. The molecule has 0 bridgehead atoms. The average molecular weight is 268 g/mol. The zero-order valence-corrected chi connectivity index (χ0v) is 11.5. The Hall–Kier alpha value is -2.43. The SMILES string of the molecule is CC(C)n1ncnc1Cn1cc(C=O)c2ccccc21. The van der Waals surface area contributed by atoms with Crippen LogP contribution in [0.5, 0.6) is 0 Å². The molecule has 2 aromatic heterocycles. The number of benzene rings is 1. The standard InChI is InChI=1S/C15H16N4O/c1-11(2)19-15(16-10-17-19)8-18-7-12(9-20)13-5-3-4-6-14(13)18/h3-7,9-11H,8H2,1-2H3. The molecule has 0 unspecified atom stereocenters. The number of carbonyl (C=O) groups excluding carboxylic acids is 1. The normalized spacial score (nSPS) is 11.3. The Morgan fingerprint density at radius 2 is 2.10 bits per heavy atom. The lowest BCUT2D eigenvalue weighted by atomic mass is 10.2. The highest BCUT2D eigenvalue weighted by molar-refractivity contribution is 5.97. The molecule has 0 radical (unpaired) electrons. The minimum Gasteiger partial charge on any atom is -0.339 e. The van der Waals surface area contributed by atoms with Gasteiger partial charge in [0.1, 0.15) is 12.2 Å². The van der Waals surface area contributed by atoms with Crippen LogP contribution in [0.1, 0.15) is 36.1 Å². The number of carbonyl (C=O) groups is 1. The van der Waals surface area contributed by atoms with Gasteiger partial charge in [0.25, 0.3) is 0 Å². The highest BCUT2D eigenvalue weighted by Gasteiger charge is 2.12. The monoisotopic (exact) mass is 268 g/mol. The maximum Gasteiger partial charge on any atom is 0.152 e. The predicted octanol–water partition coefficient (Wildman–Crippen LogP) is 2.67. The molecular weight excluding hydrogens is 252 g/mol. The lowest BCUT2D eigenvalue weighted by Gasteiger charge is -2.10. The van der Waals surface area contributed by atoms with E-state index in [1.54, 1.807) is 6.33 Å². The molecule has 1 aromatic carbocycles.